The van der Waals surface area contributed by atoms with Gasteiger partial charge in [0.25, 0.3) is 0 Å². The first kappa shape index (κ1) is 17.6. The number of thiazole rings is 1. The molecule has 0 aliphatic carbocycles. The van der Waals surface area contributed by atoms with Gasteiger partial charge in [0.1, 0.15) is 4.88 Å². The van der Waals surface area contributed by atoms with Crippen LogP contribution in [-0.2, 0) is 9.47 Å². The predicted octanol–water partition coefficient (Wildman–Crippen LogP) is 2.61. The molecule has 0 saturated carbocycles. The van der Waals surface area contributed by atoms with Gasteiger partial charge in [-0.3, -0.25) is 4.79 Å². The molecular formula is C14H22N2O4S. The molecule has 0 spiro atoms. The molecule has 0 aliphatic heterocycles. The number of esters is 1. The molecule has 6 nitrogen and oxygen atoms in total. The highest BCUT2D eigenvalue weighted by Crippen LogP contribution is 2.24. The van der Waals surface area contributed by atoms with Crippen LogP contribution in [0.1, 0.15) is 47.9 Å². The van der Waals surface area contributed by atoms with Gasteiger partial charge >= 0.3 is 5.97 Å². The lowest BCUT2D eigenvalue weighted by molar-refractivity contribution is 0.0517. The van der Waals surface area contributed by atoms with Crippen LogP contribution in [0.25, 0.3) is 0 Å². The third-order valence-corrected chi connectivity index (χ3v) is 3.50. The van der Waals surface area contributed by atoms with E-state index >= 15 is 0 Å². The van der Waals surface area contributed by atoms with Crippen LogP contribution in [0.2, 0.25) is 0 Å². The molecule has 0 atom stereocenters. The number of carbonyl (C=O) groups excluding carboxylic acids is 2. The van der Waals surface area contributed by atoms with Crippen LogP contribution >= 0.6 is 11.3 Å². The van der Waals surface area contributed by atoms with Crippen molar-refractivity contribution in [3.05, 3.63) is 10.6 Å². The molecule has 1 heterocycles. The monoisotopic (exact) mass is 314 g/mol. The van der Waals surface area contributed by atoms with Crippen molar-refractivity contribution in [2.24, 2.45) is 5.92 Å². The van der Waals surface area contributed by atoms with Crippen LogP contribution in [0.5, 0.6) is 0 Å². The summed E-state index contributed by atoms with van der Waals surface area (Å²) >= 11 is 1.16. The number of nitrogens with one attached hydrogen (secondary N) is 1. The summed E-state index contributed by atoms with van der Waals surface area (Å²) in [6, 6.07) is 0. The van der Waals surface area contributed by atoms with Crippen LogP contribution in [0.4, 0.5) is 5.13 Å². The zero-order chi connectivity index (χ0) is 15.8. The number of nitrogens with zero attached hydrogens (tertiary/aromatic N) is 1. The minimum Gasteiger partial charge on any atom is -0.461 e. The first-order valence-corrected chi connectivity index (χ1v) is 7.77. The minimum atomic E-state index is -0.567. The predicted molar refractivity (Wildman–Crippen MR) is 82.2 cm³/mol. The Morgan fingerprint density at radius 3 is 2.67 bits per heavy atom. The first-order valence-electron chi connectivity index (χ1n) is 6.96. The van der Waals surface area contributed by atoms with E-state index in [1.54, 1.807) is 6.92 Å². The molecule has 7 heteroatoms. The van der Waals surface area contributed by atoms with Gasteiger partial charge in [-0.05, 0) is 12.8 Å². The van der Waals surface area contributed by atoms with Crippen molar-refractivity contribution in [3.63, 3.8) is 0 Å². The molecule has 0 fully saturated rings. The molecule has 0 aromatic carbocycles. The summed E-state index contributed by atoms with van der Waals surface area (Å²) in [4.78, 5) is 27.8. The maximum Gasteiger partial charge on any atom is 0.358 e. The molecule has 0 unspecified atom stereocenters. The summed E-state index contributed by atoms with van der Waals surface area (Å²) in [6.45, 7) is 9.35. The maximum atomic E-state index is 11.8. The van der Waals surface area contributed by atoms with Gasteiger partial charge in [0.2, 0.25) is 0 Å². The zero-order valence-electron chi connectivity index (χ0n) is 12.9. The second-order valence-corrected chi connectivity index (χ2v) is 5.87. The number of hydrogen-bond donors (Lipinski definition) is 1. The van der Waals surface area contributed by atoms with Crippen LogP contribution in [0.15, 0.2) is 0 Å². The topological polar surface area (TPSA) is 77.5 Å². The van der Waals surface area contributed by atoms with Gasteiger partial charge in [-0.2, -0.15) is 0 Å². The van der Waals surface area contributed by atoms with Gasteiger partial charge in [-0.1, -0.05) is 25.2 Å². The number of aromatic nitrogens is 1. The number of hydrogen-bond acceptors (Lipinski definition) is 7. The van der Waals surface area contributed by atoms with Crippen molar-refractivity contribution in [2.75, 3.05) is 31.7 Å². The summed E-state index contributed by atoms with van der Waals surface area (Å²) in [5.74, 6) is -0.271. The average Bonchev–Trinajstić information content (AvgIpc) is 2.82. The van der Waals surface area contributed by atoms with E-state index < -0.39 is 5.97 Å². The van der Waals surface area contributed by atoms with E-state index in [4.69, 9.17) is 9.47 Å². The van der Waals surface area contributed by atoms with E-state index in [9.17, 15) is 9.59 Å². The fourth-order valence-electron chi connectivity index (χ4n) is 1.52. The second kappa shape index (κ2) is 8.74. The lowest BCUT2D eigenvalue weighted by atomic mass is 10.2. The molecule has 1 rings (SSSR count). The van der Waals surface area contributed by atoms with E-state index in [0.29, 0.717) is 35.7 Å². The molecule has 118 valence electrons. The Morgan fingerprint density at radius 1 is 1.38 bits per heavy atom. The highest BCUT2D eigenvalue weighted by atomic mass is 32.1. The smallest absolute Gasteiger partial charge is 0.358 e. The lowest BCUT2D eigenvalue weighted by Crippen LogP contribution is -2.12. The molecule has 0 aliphatic rings. The maximum absolute atomic E-state index is 11.8. The van der Waals surface area contributed by atoms with Gasteiger partial charge < -0.3 is 14.8 Å². The Kier molecular flexibility index (Phi) is 7.31. The standard InChI is InChI=1S/C14H22N2O4S/c1-5-20-13(18)11-12(10(4)17)21-14(16-11)15-6-7-19-8-9(2)3/h9H,5-8H2,1-4H3,(H,15,16). The fraction of sp³-hybridized carbons (Fsp3) is 0.643. The normalized spacial score (nSPS) is 10.7. The van der Waals surface area contributed by atoms with Crippen molar-refractivity contribution >= 4 is 28.2 Å². The molecule has 0 saturated heterocycles. The summed E-state index contributed by atoms with van der Waals surface area (Å²) in [5.41, 5.74) is 0.0833. The second-order valence-electron chi connectivity index (χ2n) is 4.87. The first-order chi connectivity index (χ1) is 9.95. The zero-order valence-corrected chi connectivity index (χ0v) is 13.7. The van der Waals surface area contributed by atoms with E-state index in [1.807, 2.05) is 0 Å². The van der Waals surface area contributed by atoms with Crippen LogP contribution in [-0.4, -0.2) is 43.1 Å². The molecule has 1 N–H and O–H groups in total. The Hall–Kier alpha value is -1.47. The van der Waals surface area contributed by atoms with E-state index in [-0.39, 0.29) is 18.1 Å². The van der Waals surface area contributed by atoms with E-state index in [0.717, 1.165) is 11.3 Å². The van der Waals surface area contributed by atoms with Crippen LogP contribution in [0.3, 0.4) is 0 Å². The van der Waals surface area contributed by atoms with Crippen molar-refractivity contribution in [1.29, 1.82) is 0 Å². The molecule has 1 aromatic rings. The highest BCUT2D eigenvalue weighted by molar-refractivity contribution is 7.17. The third kappa shape index (κ3) is 5.81. The number of carbonyl (C=O) groups is 2. The lowest BCUT2D eigenvalue weighted by Gasteiger charge is -2.06. The Balaban J connectivity index is 2.61. The molecule has 21 heavy (non-hydrogen) atoms. The van der Waals surface area contributed by atoms with Crippen molar-refractivity contribution in [3.8, 4) is 0 Å². The average molecular weight is 314 g/mol. The van der Waals surface area contributed by atoms with Crippen molar-refractivity contribution < 1.29 is 19.1 Å². The number of ketones is 1. The van der Waals surface area contributed by atoms with Crippen molar-refractivity contribution in [1.82, 2.24) is 4.98 Å². The summed E-state index contributed by atoms with van der Waals surface area (Å²) < 4.78 is 10.3. The van der Waals surface area contributed by atoms with Gasteiger partial charge in [0.05, 0.1) is 13.2 Å². The molecule has 1 aromatic heterocycles. The molecule has 0 radical (unpaired) electrons. The summed E-state index contributed by atoms with van der Waals surface area (Å²) in [5, 5.41) is 3.58. The number of rotatable bonds is 9. The van der Waals surface area contributed by atoms with Gasteiger partial charge in [-0.15, -0.1) is 0 Å². The largest absolute Gasteiger partial charge is 0.461 e. The number of anilines is 1. The quantitative estimate of drug-likeness (QED) is 0.429. The number of ether oxygens (including phenoxy) is 2. The molecule has 0 amide bonds. The fourth-order valence-corrected chi connectivity index (χ4v) is 2.40. The van der Waals surface area contributed by atoms with Crippen LogP contribution in [0, 0.1) is 5.92 Å². The highest BCUT2D eigenvalue weighted by Gasteiger charge is 2.22. The summed E-state index contributed by atoms with van der Waals surface area (Å²) in [7, 11) is 0. The van der Waals surface area contributed by atoms with Gasteiger partial charge in [0, 0.05) is 20.1 Å². The SMILES string of the molecule is CCOC(=O)c1nc(NCCOCC(C)C)sc1C(C)=O. The van der Waals surface area contributed by atoms with Gasteiger partial charge in [-0.25, -0.2) is 9.78 Å². The molecular weight excluding hydrogens is 292 g/mol. The van der Waals surface area contributed by atoms with Crippen LogP contribution < -0.4 is 5.32 Å². The molecule has 0 bridgehead atoms. The Bertz CT molecular complexity index is 485. The summed E-state index contributed by atoms with van der Waals surface area (Å²) in [6.07, 6.45) is 0. The minimum absolute atomic E-state index is 0.0833. The third-order valence-electron chi connectivity index (χ3n) is 2.39. The van der Waals surface area contributed by atoms with E-state index in [1.165, 1.54) is 6.92 Å². The van der Waals surface area contributed by atoms with Gasteiger partial charge in [0.15, 0.2) is 16.6 Å². The Morgan fingerprint density at radius 2 is 2.10 bits per heavy atom. The Labute approximate surface area is 128 Å². The van der Waals surface area contributed by atoms with E-state index in [2.05, 4.69) is 24.1 Å². The number of Topliss-reactive ketones (excluding diaryl/α,β-unsaturated/α-hetero) is 1. The van der Waals surface area contributed by atoms with Crippen molar-refractivity contribution in [2.45, 2.75) is 27.7 Å².